The van der Waals surface area contributed by atoms with Crippen molar-refractivity contribution >= 4 is 17.8 Å². The molecule has 1 aromatic rings. The minimum absolute atomic E-state index is 0.266. The predicted molar refractivity (Wildman–Crippen MR) is 79.6 cm³/mol. The molecule has 1 aliphatic carbocycles. The third-order valence-electron chi connectivity index (χ3n) is 4.15. The van der Waals surface area contributed by atoms with Gasteiger partial charge in [0.15, 0.2) is 0 Å². The molecular formula is C17H17NO4. The number of amides is 2. The first-order valence-corrected chi connectivity index (χ1v) is 7.36. The summed E-state index contributed by atoms with van der Waals surface area (Å²) in [4.78, 5) is 36.9. The Balaban J connectivity index is 1.70. The van der Waals surface area contributed by atoms with Gasteiger partial charge in [-0.15, -0.1) is 0 Å². The quantitative estimate of drug-likeness (QED) is 0.488. The number of hydrogen-bond acceptors (Lipinski definition) is 4. The first-order valence-electron chi connectivity index (χ1n) is 7.36. The summed E-state index contributed by atoms with van der Waals surface area (Å²) < 4.78 is 5.33. The van der Waals surface area contributed by atoms with Crippen molar-refractivity contribution in [1.82, 2.24) is 4.90 Å². The second-order valence-electron chi connectivity index (χ2n) is 5.68. The van der Waals surface area contributed by atoms with Gasteiger partial charge in [0, 0.05) is 7.05 Å². The summed E-state index contributed by atoms with van der Waals surface area (Å²) in [5, 5.41) is 0. The number of nitrogens with zero attached hydrogens (tertiary/aromatic N) is 1. The van der Waals surface area contributed by atoms with Crippen LogP contribution >= 0.6 is 0 Å². The zero-order valence-electron chi connectivity index (χ0n) is 12.4. The van der Waals surface area contributed by atoms with Crippen molar-refractivity contribution in [1.29, 1.82) is 0 Å². The molecule has 0 spiro atoms. The Hall–Kier alpha value is -2.43. The minimum Gasteiger partial charge on any atom is -0.462 e. The highest BCUT2D eigenvalue weighted by Gasteiger charge is 2.33. The summed E-state index contributed by atoms with van der Waals surface area (Å²) >= 11 is 0. The highest BCUT2D eigenvalue weighted by Crippen LogP contribution is 2.23. The second-order valence-corrected chi connectivity index (χ2v) is 5.68. The maximum atomic E-state index is 12.1. The Morgan fingerprint density at radius 2 is 2.00 bits per heavy atom. The van der Waals surface area contributed by atoms with Crippen molar-refractivity contribution in [3.8, 4) is 0 Å². The van der Waals surface area contributed by atoms with E-state index in [2.05, 4.69) is 12.2 Å². The normalized spacial score (nSPS) is 20.2. The molecule has 1 atom stereocenters. The summed E-state index contributed by atoms with van der Waals surface area (Å²) in [6.45, 7) is 0.382. The van der Waals surface area contributed by atoms with Gasteiger partial charge < -0.3 is 4.74 Å². The van der Waals surface area contributed by atoms with E-state index in [0.717, 1.165) is 24.2 Å². The number of benzene rings is 1. The molecule has 0 bridgehead atoms. The molecule has 1 heterocycles. The van der Waals surface area contributed by atoms with E-state index in [-0.39, 0.29) is 17.4 Å². The molecule has 0 saturated heterocycles. The van der Waals surface area contributed by atoms with Crippen molar-refractivity contribution in [2.75, 3.05) is 13.7 Å². The largest absolute Gasteiger partial charge is 0.462 e. The number of carbonyl (C=O) groups is 3. The van der Waals surface area contributed by atoms with Gasteiger partial charge in [0.2, 0.25) is 0 Å². The number of rotatable bonds is 3. The lowest BCUT2D eigenvalue weighted by Gasteiger charge is -2.17. The third-order valence-corrected chi connectivity index (χ3v) is 4.15. The van der Waals surface area contributed by atoms with E-state index < -0.39 is 5.97 Å². The SMILES string of the molecule is CN1C(=O)c2ccc(C(=O)OCC3CC=CCC3)cc2C1=O. The molecule has 22 heavy (non-hydrogen) atoms. The highest BCUT2D eigenvalue weighted by molar-refractivity contribution is 6.21. The molecule has 0 fully saturated rings. The first-order chi connectivity index (χ1) is 10.6. The molecular weight excluding hydrogens is 282 g/mol. The van der Waals surface area contributed by atoms with Crippen molar-refractivity contribution < 1.29 is 19.1 Å². The van der Waals surface area contributed by atoms with Gasteiger partial charge in [0.1, 0.15) is 0 Å². The van der Waals surface area contributed by atoms with E-state index in [9.17, 15) is 14.4 Å². The van der Waals surface area contributed by atoms with Crippen molar-refractivity contribution in [3.05, 3.63) is 47.0 Å². The molecule has 5 heteroatoms. The Bertz CT molecular complexity index is 677. The lowest BCUT2D eigenvalue weighted by Crippen LogP contribution is -2.24. The average Bonchev–Trinajstić information content (AvgIpc) is 2.78. The van der Waals surface area contributed by atoms with E-state index in [1.807, 2.05) is 0 Å². The number of imide groups is 1. The van der Waals surface area contributed by atoms with E-state index in [1.54, 1.807) is 0 Å². The monoisotopic (exact) mass is 299 g/mol. The summed E-state index contributed by atoms with van der Waals surface area (Å²) in [6, 6.07) is 4.49. The van der Waals surface area contributed by atoms with Crippen molar-refractivity contribution in [2.45, 2.75) is 19.3 Å². The number of carbonyl (C=O) groups excluding carboxylic acids is 3. The molecule has 2 amide bonds. The predicted octanol–water partition coefficient (Wildman–Crippen LogP) is 2.43. The Labute approximate surface area is 128 Å². The maximum absolute atomic E-state index is 12.1. The minimum atomic E-state index is -0.452. The molecule has 3 rings (SSSR count). The summed E-state index contributed by atoms with van der Waals surface area (Å²) in [6.07, 6.45) is 7.21. The number of esters is 1. The van der Waals surface area contributed by atoms with Crippen LogP contribution in [-0.4, -0.2) is 36.3 Å². The van der Waals surface area contributed by atoms with Crippen LogP contribution in [0.2, 0.25) is 0 Å². The van der Waals surface area contributed by atoms with Gasteiger partial charge in [-0.25, -0.2) is 4.79 Å². The van der Waals surface area contributed by atoms with Crippen LogP contribution in [0.15, 0.2) is 30.4 Å². The van der Waals surface area contributed by atoms with Crippen molar-refractivity contribution in [2.24, 2.45) is 5.92 Å². The molecule has 114 valence electrons. The molecule has 1 unspecified atom stereocenters. The average molecular weight is 299 g/mol. The van der Waals surface area contributed by atoms with E-state index in [0.29, 0.717) is 23.7 Å². The number of hydrogen-bond donors (Lipinski definition) is 0. The van der Waals surface area contributed by atoms with Crippen LogP contribution in [0.25, 0.3) is 0 Å². The standard InChI is InChI=1S/C17H17NO4/c1-18-15(19)13-8-7-12(9-14(13)16(18)20)17(21)22-10-11-5-3-2-4-6-11/h2-3,7-9,11H,4-6,10H2,1H3. The van der Waals surface area contributed by atoms with Gasteiger partial charge in [-0.2, -0.15) is 0 Å². The first kappa shape index (κ1) is 14.5. The summed E-state index contributed by atoms with van der Waals surface area (Å²) in [7, 11) is 1.43. The van der Waals surface area contributed by atoms with E-state index in [1.165, 1.54) is 25.2 Å². The molecule has 0 saturated carbocycles. The lowest BCUT2D eigenvalue weighted by molar-refractivity contribution is 0.0432. The van der Waals surface area contributed by atoms with Crippen molar-refractivity contribution in [3.63, 3.8) is 0 Å². The summed E-state index contributed by atoms with van der Waals surface area (Å²) in [5.74, 6) is -0.814. The Morgan fingerprint density at radius 1 is 1.23 bits per heavy atom. The van der Waals surface area contributed by atoms with Gasteiger partial charge in [-0.05, 0) is 43.4 Å². The third kappa shape index (κ3) is 2.54. The summed E-state index contributed by atoms with van der Waals surface area (Å²) in [5.41, 5.74) is 0.908. The van der Waals surface area contributed by atoms with Gasteiger partial charge >= 0.3 is 5.97 Å². The molecule has 0 aromatic heterocycles. The van der Waals surface area contributed by atoms with Crippen LogP contribution in [0.5, 0.6) is 0 Å². The second kappa shape index (κ2) is 5.75. The zero-order chi connectivity index (χ0) is 15.7. The fourth-order valence-corrected chi connectivity index (χ4v) is 2.77. The van der Waals surface area contributed by atoms with E-state index in [4.69, 9.17) is 4.74 Å². The highest BCUT2D eigenvalue weighted by atomic mass is 16.5. The number of fused-ring (bicyclic) bond motifs is 1. The number of ether oxygens (including phenoxy) is 1. The van der Waals surface area contributed by atoms with Crippen LogP contribution < -0.4 is 0 Å². The fraction of sp³-hybridized carbons (Fsp3) is 0.353. The Kier molecular flexibility index (Phi) is 3.79. The Morgan fingerprint density at radius 3 is 2.73 bits per heavy atom. The van der Waals surface area contributed by atoms with Crippen LogP contribution in [0.3, 0.4) is 0 Å². The zero-order valence-corrected chi connectivity index (χ0v) is 12.4. The topological polar surface area (TPSA) is 63.7 Å². The van der Waals surface area contributed by atoms with Crippen LogP contribution in [0.4, 0.5) is 0 Å². The van der Waals surface area contributed by atoms with Gasteiger partial charge in [0.05, 0.1) is 23.3 Å². The van der Waals surface area contributed by atoms with Crippen LogP contribution in [0, 0.1) is 5.92 Å². The molecule has 1 aromatic carbocycles. The molecule has 0 N–H and O–H groups in total. The molecule has 1 aliphatic heterocycles. The molecule has 0 radical (unpaired) electrons. The van der Waals surface area contributed by atoms with Crippen LogP contribution in [0.1, 0.15) is 50.3 Å². The maximum Gasteiger partial charge on any atom is 0.338 e. The van der Waals surface area contributed by atoms with E-state index >= 15 is 0 Å². The molecule has 2 aliphatic rings. The van der Waals surface area contributed by atoms with Crippen LogP contribution in [-0.2, 0) is 4.74 Å². The van der Waals surface area contributed by atoms with Gasteiger partial charge in [-0.3, -0.25) is 14.5 Å². The smallest absolute Gasteiger partial charge is 0.338 e. The lowest BCUT2D eigenvalue weighted by atomic mass is 9.95. The number of allylic oxidation sites excluding steroid dienone is 2. The van der Waals surface area contributed by atoms with Gasteiger partial charge in [-0.1, -0.05) is 12.2 Å². The fourth-order valence-electron chi connectivity index (χ4n) is 2.77. The van der Waals surface area contributed by atoms with Gasteiger partial charge in [0.25, 0.3) is 11.8 Å². The molecule has 5 nitrogen and oxygen atoms in total.